The number of hydrogen-bond donors (Lipinski definition) is 0. The van der Waals surface area contributed by atoms with Crippen molar-refractivity contribution in [2.45, 2.75) is 57.9 Å². The Labute approximate surface area is 136 Å². The fourth-order valence-corrected chi connectivity index (χ4v) is 2.40. The van der Waals surface area contributed by atoms with Crippen LogP contribution in [-0.4, -0.2) is 25.2 Å². The first-order chi connectivity index (χ1) is 11.0. The second-order valence-corrected chi connectivity index (χ2v) is 5.26. The molecule has 0 spiro atoms. The lowest BCUT2D eigenvalue weighted by Crippen LogP contribution is -2.57. The van der Waals surface area contributed by atoms with Crippen molar-refractivity contribution in [2.24, 2.45) is 0 Å². The van der Waals surface area contributed by atoms with Gasteiger partial charge in [-0.3, -0.25) is 0 Å². The molecule has 0 bridgehead atoms. The van der Waals surface area contributed by atoms with Gasteiger partial charge in [-0.25, -0.2) is 0 Å². The molecule has 0 aliphatic carbocycles. The molecule has 0 heterocycles. The van der Waals surface area contributed by atoms with E-state index in [-0.39, 0.29) is 6.61 Å². The minimum Gasteiger partial charge on any atom is -0.353 e. The highest BCUT2D eigenvalue weighted by molar-refractivity contribution is 5.31. The summed E-state index contributed by atoms with van der Waals surface area (Å²) >= 11 is 0. The molecule has 24 heavy (non-hydrogen) atoms. The van der Waals surface area contributed by atoms with Crippen LogP contribution in [0.25, 0.3) is 0 Å². The summed E-state index contributed by atoms with van der Waals surface area (Å²) in [6.07, 6.45) is -11.8. The molecule has 0 aliphatic rings. The van der Waals surface area contributed by atoms with Gasteiger partial charge >= 0.3 is 12.4 Å². The average molecular weight is 358 g/mol. The molecule has 0 saturated heterocycles. The van der Waals surface area contributed by atoms with Crippen molar-refractivity contribution in [1.29, 1.82) is 0 Å². The zero-order chi connectivity index (χ0) is 18.6. The van der Waals surface area contributed by atoms with Crippen LogP contribution in [0.2, 0.25) is 0 Å². The van der Waals surface area contributed by atoms with Gasteiger partial charge in [0.25, 0.3) is 5.60 Å². The number of rotatable bonds is 7. The summed E-state index contributed by atoms with van der Waals surface area (Å²) in [7, 11) is 0. The van der Waals surface area contributed by atoms with Gasteiger partial charge in [0, 0.05) is 12.2 Å². The van der Waals surface area contributed by atoms with E-state index in [1.54, 1.807) is 0 Å². The van der Waals surface area contributed by atoms with E-state index in [0.717, 1.165) is 25.5 Å². The van der Waals surface area contributed by atoms with Gasteiger partial charge in [0.2, 0.25) is 0 Å². The first-order valence-electron chi connectivity index (χ1n) is 7.51. The Bertz CT molecular complexity index is 493. The van der Waals surface area contributed by atoms with Crippen LogP contribution in [0.1, 0.15) is 38.3 Å². The third kappa shape index (κ3) is 4.22. The van der Waals surface area contributed by atoms with Gasteiger partial charge < -0.3 is 9.47 Å². The Kier molecular flexibility index (Phi) is 6.69. The summed E-state index contributed by atoms with van der Waals surface area (Å²) in [6.45, 7) is 4.22. The van der Waals surface area contributed by atoms with E-state index in [4.69, 9.17) is 4.74 Å². The highest BCUT2D eigenvalue weighted by Gasteiger charge is 2.74. The molecule has 1 aromatic carbocycles. The smallest absolute Gasteiger partial charge is 0.353 e. The van der Waals surface area contributed by atoms with Gasteiger partial charge in [-0.1, -0.05) is 37.6 Å². The highest BCUT2D eigenvalue weighted by Crippen LogP contribution is 2.53. The second-order valence-electron chi connectivity index (χ2n) is 5.26. The molecule has 0 radical (unpaired) electrons. The van der Waals surface area contributed by atoms with Crippen LogP contribution in [0.5, 0.6) is 0 Å². The lowest BCUT2D eigenvalue weighted by atomic mass is 9.90. The predicted molar refractivity (Wildman–Crippen MR) is 76.4 cm³/mol. The summed E-state index contributed by atoms with van der Waals surface area (Å²) in [5.41, 5.74) is -4.81. The van der Waals surface area contributed by atoms with Gasteiger partial charge in [0.15, 0.2) is 6.29 Å². The standard InChI is InChI=1S/C16H20F6O2/c1-4-6-12-7-9-13(10-8-12)14(15(17,18)19,16(20,21)22)24-11(3)23-5-2/h7-11H,4-6H2,1-3H3. The molecule has 0 fully saturated rings. The molecule has 0 amide bonds. The minimum absolute atomic E-state index is 0.0810. The molecular formula is C16H20F6O2. The number of hydrogen-bond acceptors (Lipinski definition) is 2. The number of alkyl halides is 6. The normalized spacial score (nSPS) is 14.7. The molecule has 138 valence electrons. The van der Waals surface area contributed by atoms with Crippen molar-refractivity contribution in [3.8, 4) is 0 Å². The first kappa shape index (κ1) is 20.8. The van der Waals surface area contributed by atoms with Crippen molar-refractivity contribution in [3.63, 3.8) is 0 Å². The van der Waals surface area contributed by atoms with Crippen LogP contribution in [-0.2, 0) is 21.5 Å². The third-order valence-electron chi connectivity index (χ3n) is 3.44. The summed E-state index contributed by atoms with van der Waals surface area (Å²) in [4.78, 5) is 0. The number of halogens is 6. The summed E-state index contributed by atoms with van der Waals surface area (Å²) in [5.74, 6) is 0. The summed E-state index contributed by atoms with van der Waals surface area (Å²) in [5, 5.41) is 0. The van der Waals surface area contributed by atoms with E-state index >= 15 is 0 Å². The Hall–Kier alpha value is -1.28. The van der Waals surface area contributed by atoms with E-state index in [2.05, 4.69) is 4.74 Å². The molecular weight excluding hydrogens is 338 g/mol. The summed E-state index contributed by atoms with van der Waals surface area (Å²) < 4.78 is 90.2. The van der Waals surface area contributed by atoms with Crippen LogP contribution < -0.4 is 0 Å². The van der Waals surface area contributed by atoms with Gasteiger partial charge in [0.1, 0.15) is 0 Å². The monoisotopic (exact) mass is 358 g/mol. The quantitative estimate of drug-likeness (QED) is 0.483. The molecule has 2 nitrogen and oxygen atoms in total. The van der Waals surface area contributed by atoms with Crippen LogP contribution in [0.3, 0.4) is 0 Å². The van der Waals surface area contributed by atoms with Crippen molar-refractivity contribution in [2.75, 3.05) is 6.61 Å². The number of ether oxygens (including phenoxy) is 2. The zero-order valence-corrected chi connectivity index (χ0v) is 13.6. The average Bonchev–Trinajstić information content (AvgIpc) is 2.44. The van der Waals surface area contributed by atoms with Crippen LogP contribution >= 0.6 is 0 Å². The van der Waals surface area contributed by atoms with Crippen molar-refractivity contribution < 1.29 is 35.8 Å². The van der Waals surface area contributed by atoms with E-state index < -0.39 is 29.8 Å². The first-order valence-corrected chi connectivity index (χ1v) is 7.51. The van der Waals surface area contributed by atoms with Crippen molar-refractivity contribution >= 4 is 0 Å². The van der Waals surface area contributed by atoms with Crippen LogP contribution in [0, 0.1) is 0 Å². The third-order valence-corrected chi connectivity index (χ3v) is 3.44. The Morgan fingerprint density at radius 2 is 1.42 bits per heavy atom. The van der Waals surface area contributed by atoms with E-state index in [9.17, 15) is 26.3 Å². The predicted octanol–water partition coefficient (Wildman–Crippen LogP) is 5.36. The van der Waals surface area contributed by atoms with E-state index in [1.807, 2.05) is 6.92 Å². The van der Waals surface area contributed by atoms with Gasteiger partial charge in [-0.05, 0) is 25.8 Å². The number of benzene rings is 1. The van der Waals surface area contributed by atoms with Gasteiger partial charge in [0.05, 0.1) is 0 Å². The lowest BCUT2D eigenvalue weighted by molar-refractivity contribution is -0.415. The topological polar surface area (TPSA) is 18.5 Å². The maximum Gasteiger partial charge on any atom is 0.430 e. The second kappa shape index (κ2) is 7.74. The molecule has 8 heteroatoms. The molecule has 0 aromatic heterocycles. The maximum absolute atomic E-state index is 13.5. The molecule has 1 unspecified atom stereocenters. The Morgan fingerprint density at radius 3 is 1.79 bits per heavy atom. The fraction of sp³-hybridized carbons (Fsp3) is 0.625. The maximum atomic E-state index is 13.5. The van der Waals surface area contributed by atoms with Crippen molar-refractivity contribution in [3.05, 3.63) is 35.4 Å². The minimum atomic E-state index is -5.71. The SMILES string of the molecule is CCCc1ccc(C(OC(C)OCC)(C(F)(F)F)C(F)(F)F)cc1. The fourth-order valence-electron chi connectivity index (χ4n) is 2.40. The van der Waals surface area contributed by atoms with Crippen LogP contribution in [0.4, 0.5) is 26.3 Å². The molecule has 1 rings (SSSR count). The van der Waals surface area contributed by atoms with E-state index in [1.165, 1.54) is 19.1 Å². The highest BCUT2D eigenvalue weighted by atomic mass is 19.4. The lowest BCUT2D eigenvalue weighted by Gasteiger charge is -2.39. The zero-order valence-electron chi connectivity index (χ0n) is 13.6. The van der Waals surface area contributed by atoms with Crippen LogP contribution in [0.15, 0.2) is 24.3 Å². The molecule has 0 aliphatic heterocycles. The molecule has 0 N–H and O–H groups in total. The summed E-state index contributed by atoms with van der Waals surface area (Å²) in [6, 6.07) is 4.12. The molecule has 0 saturated carbocycles. The Morgan fingerprint density at radius 1 is 0.917 bits per heavy atom. The molecule has 1 atom stereocenters. The van der Waals surface area contributed by atoms with Gasteiger partial charge in [-0.2, -0.15) is 26.3 Å². The Balaban J connectivity index is 3.45. The molecule has 1 aromatic rings. The largest absolute Gasteiger partial charge is 0.430 e. The number of aryl methyl sites for hydroxylation is 1. The van der Waals surface area contributed by atoms with E-state index in [0.29, 0.717) is 12.0 Å². The van der Waals surface area contributed by atoms with Gasteiger partial charge in [-0.15, -0.1) is 0 Å². The van der Waals surface area contributed by atoms with Crippen molar-refractivity contribution in [1.82, 2.24) is 0 Å².